The number of carbonyl (C=O) groups is 2. The van der Waals surface area contributed by atoms with Crippen LogP contribution in [0.3, 0.4) is 0 Å². The minimum absolute atomic E-state index is 0.324. The van der Waals surface area contributed by atoms with Crippen LogP contribution in [-0.2, 0) is 23.8 Å². The van der Waals surface area contributed by atoms with Gasteiger partial charge in [0.2, 0.25) is 4.84 Å². The second-order valence-corrected chi connectivity index (χ2v) is 7.49. The molecule has 5 nitrogen and oxygen atoms in total. The molecule has 1 fully saturated rings. The van der Waals surface area contributed by atoms with Crippen molar-refractivity contribution in [3.63, 3.8) is 0 Å². The number of fused-ring (bicyclic) bond motifs is 2. The second kappa shape index (κ2) is 6.89. The van der Waals surface area contributed by atoms with Gasteiger partial charge in [-0.3, -0.25) is 0 Å². The van der Waals surface area contributed by atoms with Gasteiger partial charge in [-0.25, -0.2) is 9.59 Å². The first-order chi connectivity index (χ1) is 11.8. The third kappa shape index (κ3) is 3.62. The van der Waals surface area contributed by atoms with Gasteiger partial charge in [0.15, 0.2) is 0 Å². The first-order valence-electron chi connectivity index (χ1n) is 7.88. The molecule has 0 aromatic rings. The lowest BCUT2D eigenvalue weighted by molar-refractivity contribution is -0.147. The van der Waals surface area contributed by atoms with Crippen molar-refractivity contribution >= 4 is 35.1 Å². The Kier molecular flexibility index (Phi) is 4.98. The topological polar surface area (TPSA) is 61.8 Å². The second-order valence-electron chi connectivity index (χ2n) is 6.39. The lowest BCUT2D eigenvalue weighted by atomic mass is 9.85. The van der Waals surface area contributed by atoms with E-state index >= 15 is 0 Å². The van der Waals surface area contributed by atoms with Crippen LogP contribution in [0.4, 0.5) is 0 Å². The van der Waals surface area contributed by atoms with Crippen molar-refractivity contribution < 1.29 is 23.8 Å². The van der Waals surface area contributed by atoms with Crippen LogP contribution >= 0.6 is 23.2 Å². The Hall–Kier alpha value is -1.72. The highest BCUT2D eigenvalue weighted by atomic mass is 35.5. The van der Waals surface area contributed by atoms with E-state index in [1.807, 2.05) is 19.1 Å². The molecule has 0 aromatic carbocycles. The van der Waals surface area contributed by atoms with E-state index in [0.717, 1.165) is 5.57 Å². The Morgan fingerprint density at radius 3 is 2.68 bits per heavy atom. The molecule has 4 atom stereocenters. The molecule has 2 bridgehead atoms. The molecule has 0 spiro atoms. The fourth-order valence-corrected chi connectivity index (χ4v) is 3.49. The molecule has 0 saturated carbocycles. The summed E-state index contributed by atoms with van der Waals surface area (Å²) in [6.07, 6.45) is 3.03. The van der Waals surface area contributed by atoms with E-state index in [2.05, 4.69) is 13.2 Å². The van der Waals surface area contributed by atoms with Crippen LogP contribution in [0.25, 0.3) is 0 Å². The summed E-state index contributed by atoms with van der Waals surface area (Å²) in [6.45, 7) is 9.73. The summed E-state index contributed by atoms with van der Waals surface area (Å²) in [6, 6.07) is 0. The zero-order valence-corrected chi connectivity index (χ0v) is 15.2. The third-order valence-corrected chi connectivity index (χ3v) is 4.90. The highest BCUT2D eigenvalue weighted by Crippen LogP contribution is 2.41. The molecule has 1 saturated heterocycles. The molecule has 1 aliphatic carbocycles. The van der Waals surface area contributed by atoms with Gasteiger partial charge in [-0.15, -0.1) is 0 Å². The van der Waals surface area contributed by atoms with Crippen molar-refractivity contribution in [3.8, 4) is 0 Å². The standard InChI is InChI=1S/C18H18Cl2O5/c1-8-4-12-6-11(17(21)24-12)7-14-15(9(2)10(3)23-14)13(5-8)25-18(22)16(19)20/h5-6,12-16H,2-4,7H2,1H3/b8-5+/t12-,13-,14+,15+/m1/s1. The predicted octanol–water partition coefficient (Wildman–Crippen LogP) is 3.38. The summed E-state index contributed by atoms with van der Waals surface area (Å²) in [5, 5.41) is 0. The zero-order valence-electron chi connectivity index (χ0n) is 13.7. The Bertz CT molecular complexity index is 706. The Morgan fingerprint density at radius 1 is 1.28 bits per heavy atom. The predicted molar refractivity (Wildman–Crippen MR) is 93.0 cm³/mol. The van der Waals surface area contributed by atoms with E-state index < -0.39 is 23.0 Å². The van der Waals surface area contributed by atoms with Gasteiger partial charge < -0.3 is 14.2 Å². The number of hydrogen-bond acceptors (Lipinski definition) is 5. The van der Waals surface area contributed by atoms with Gasteiger partial charge in [0, 0.05) is 18.4 Å². The van der Waals surface area contributed by atoms with Gasteiger partial charge in [0.1, 0.15) is 24.1 Å². The molecule has 0 unspecified atom stereocenters. The number of halogens is 2. The summed E-state index contributed by atoms with van der Waals surface area (Å²) in [4.78, 5) is 22.7. The van der Waals surface area contributed by atoms with Crippen molar-refractivity contribution in [2.24, 2.45) is 5.92 Å². The third-order valence-electron chi connectivity index (χ3n) is 4.54. The number of rotatable bonds is 2. The van der Waals surface area contributed by atoms with E-state index in [-0.39, 0.29) is 18.0 Å². The number of carbonyl (C=O) groups excluding carboxylic acids is 2. The molecule has 25 heavy (non-hydrogen) atoms. The summed E-state index contributed by atoms with van der Waals surface area (Å²) in [5.74, 6) is -1.06. The van der Waals surface area contributed by atoms with E-state index in [0.29, 0.717) is 29.7 Å². The van der Waals surface area contributed by atoms with Crippen LogP contribution in [0.15, 0.2) is 47.8 Å². The number of hydrogen-bond donors (Lipinski definition) is 0. The molecule has 134 valence electrons. The van der Waals surface area contributed by atoms with Crippen LogP contribution < -0.4 is 0 Å². The monoisotopic (exact) mass is 384 g/mol. The number of esters is 2. The van der Waals surface area contributed by atoms with Gasteiger partial charge >= 0.3 is 11.9 Å². The minimum Gasteiger partial charge on any atom is -0.490 e. The molecule has 0 amide bonds. The molecule has 0 N–H and O–H groups in total. The Balaban J connectivity index is 1.98. The quantitative estimate of drug-likeness (QED) is 0.414. The van der Waals surface area contributed by atoms with E-state index in [1.165, 1.54) is 0 Å². The lowest BCUT2D eigenvalue weighted by Crippen LogP contribution is -2.34. The lowest BCUT2D eigenvalue weighted by Gasteiger charge is -2.26. The highest BCUT2D eigenvalue weighted by Gasteiger charge is 2.44. The zero-order chi connectivity index (χ0) is 18.3. The molecule has 0 aromatic heterocycles. The summed E-state index contributed by atoms with van der Waals surface area (Å²) < 4.78 is 16.6. The van der Waals surface area contributed by atoms with Crippen LogP contribution in [0.2, 0.25) is 0 Å². The maximum atomic E-state index is 12.1. The van der Waals surface area contributed by atoms with Crippen LogP contribution in [0, 0.1) is 5.92 Å². The molecular weight excluding hydrogens is 367 g/mol. The Morgan fingerprint density at radius 2 is 2.00 bits per heavy atom. The minimum atomic E-state index is -1.29. The molecule has 2 heterocycles. The maximum Gasteiger partial charge on any atom is 0.340 e. The van der Waals surface area contributed by atoms with E-state index in [1.54, 1.807) is 0 Å². The van der Waals surface area contributed by atoms with Gasteiger partial charge in [0.25, 0.3) is 0 Å². The number of allylic oxidation sites excluding steroid dienone is 1. The smallest absolute Gasteiger partial charge is 0.340 e. The molecule has 3 rings (SSSR count). The van der Waals surface area contributed by atoms with Crippen LogP contribution in [0.5, 0.6) is 0 Å². The largest absolute Gasteiger partial charge is 0.490 e. The average molecular weight is 385 g/mol. The first-order valence-corrected chi connectivity index (χ1v) is 8.76. The highest BCUT2D eigenvalue weighted by molar-refractivity contribution is 6.52. The molecule has 0 radical (unpaired) electrons. The van der Waals surface area contributed by atoms with Crippen LogP contribution in [0.1, 0.15) is 19.8 Å². The first kappa shape index (κ1) is 18.1. The van der Waals surface area contributed by atoms with Gasteiger partial charge in [-0.2, -0.15) is 0 Å². The van der Waals surface area contributed by atoms with Crippen LogP contribution in [-0.4, -0.2) is 35.1 Å². The van der Waals surface area contributed by atoms with Gasteiger partial charge in [-0.05, 0) is 24.6 Å². The summed E-state index contributed by atoms with van der Waals surface area (Å²) in [5.41, 5.74) is 2.08. The number of alkyl halides is 2. The summed E-state index contributed by atoms with van der Waals surface area (Å²) >= 11 is 11.2. The van der Waals surface area contributed by atoms with Crippen molar-refractivity contribution in [2.45, 2.75) is 42.9 Å². The van der Waals surface area contributed by atoms with E-state index in [9.17, 15) is 9.59 Å². The molecule has 2 aliphatic heterocycles. The van der Waals surface area contributed by atoms with E-state index in [4.69, 9.17) is 37.4 Å². The molecule has 7 heteroatoms. The summed E-state index contributed by atoms with van der Waals surface area (Å²) in [7, 11) is 0. The SMILES string of the molecule is C=C1O[C@H]2CC3=C[C@@H](C/C(C)=C/[C@@H](OC(=O)C(Cl)Cl)[C@@H]2C1=C)OC3=O. The van der Waals surface area contributed by atoms with Crippen molar-refractivity contribution in [2.75, 3.05) is 0 Å². The fourth-order valence-electron chi connectivity index (χ4n) is 3.39. The number of ether oxygens (including phenoxy) is 3. The van der Waals surface area contributed by atoms with Gasteiger partial charge in [-0.1, -0.05) is 41.9 Å². The molecule has 3 aliphatic rings. The van der Waals surface area contributed by atoms with Crippen molar-refractivity contribution in [1.82, 2.24) is 0 Å². The Labute approximate surface area is 155 Å². The normalized spacial score (nSPS) is 33.8. The van der Waals surface area contributed by atoms with Crippen molar-refractivity contribution in [1.29, 1.82) is 0 Å². The van der Waals surface area contributed by atoms with Gasteiger partial charge in [0.05, 0.1) is 5.92 Å². The fraction of sp³-hybridized carbons (Fsp3) is 0.444. The molecular formula is C18H18Cl2O5. The van der Waals surface area contributed by atoms with Crippen molar-refractivity contribution in [3.05, 3.63) is 47.8 Å². The average Bonchev–Trinajstić information content (AvgIpc) is 2.98. The maximum absolute atomic E-state index is 12.1.